The maximum Gasteiger partial charge on any atom is 0.257 e. The average molecular weight is 505 g/mol. The first-order valence-corrected chi connectivity index (χ1v) is 12.9. The molecule has 3 N–H and O–H groups in total. The van der Waals surface area contributed by atoms with E-state index in [9.17, 15) is 13.2 Å². The molecule has 0 radical (unpaired) electrons. The van der Waals surface area contributed by atoms with Crippen LogP contribution in [0.1, 0.15) is 26.7 Å². The van der Waals surface area contributed by atoms with Crippen molar-refractivity contribution in [3.8, 4) is 5.75 Å². The van der Waals surface area contributed by atoms with Crippen LogP contribution in [0.4, 0.5) is 5.69 Å². The summed E-state index contributed by atoms with van der Waals surface area (Å²) in [6, 6.07) is 13.3. The first kappa shape index (κ1) is 25.7. The molecule has 0 bridgehead atoms. The minimum atomic E-state index is -3.57. The Morgan fingerprint density at radius 2 is 1.88 bits per heavy atom. The third-order valence-corrected chi connectivity index (χ3v) is 7.01. The number of pyridine rings is 1. The summed E-state index contributed by atoms with van der Waals surface area (Å²) in [4.78, 5) is 16.5. The van der Waals surface area contributed by atoms with Crippen molar-refractivity contribution in [2.45, 2.75) is 37.6 Å². The van der Waals surface area contributed by atoms with Gasteiger partial charge in [0.15, 0.2) is 6.61 Å². The van der Waals surface area contributed by atoms with E-state index in [4.69, 9.17) is 16.3 Å². The Kier molecular flexibility index (Phi) is 9.09. The maximum atomic E-state index is 12.3. The van der Waals surface area contributed by atoms with Crippen LogP contribution in [0.25, 0.3) is 10.9 Å². The fraction of sp³-hybridized carbons (Fsp3) is 0.333. The van der Waals surface area contributed by atoms with Gasteiger partial charge in [-0.25, -0.2) is 13.1 Å². The second kappa shape index (κ2) is 12.0. The van der Waals surface area contributed by atoms with Crippen LogP contribution in [-0.2, 0) is 14.8 Å². The van der Waals surface area contributed by atoms with Gasteiger partial charge in [-0.15, -0.1) is 0 Å². The van der Waals surface area contributed by atoms with Crippen LogP contribution in [0.5, 0.6) is 5.75 Å². The van der Waals surface area contributed by atoms with Gasteiger partial charge < -0.3 is 15.4 Å². The van der Waals surface area contributed by atoms with Crippen LogP contribution < -0.4 is 20.1 Å². The molecule has 0 fully saturated rings. The van der Waals surface area contributed by atoms with Crippen molar-refractivity contribution < 1.29 is 17.9 Å². The monoisotopic (exact) mass is 504 g/mol. The van der Waals surface area contributed by atoms with Gasteiger partial charge in [-0.1, -0.05) is 18.5 Å². The molecule has 0 aliphatic heterocycles. The molecule has 3 aromatic rings. The van der Waals surface area contributed by atoms with Crippen LogP contribution in [0.15, 0.2) is 59.6 Å². The predicted molar refractivity (Wildman–Crippen MR) is 135 cm³/mol. The van der Waals surface area contributed by atoms with E-state index in [1.807, 2.05) is 31.2 Å². The van der Waals surface area contributed by atoms with Crippen molar-refractivity contribution in [3.63, 3.8) is 0 Å². The van der Waals surface area contributed by atoms with Gasteiger partial charge in [-0.05, 0) is 68.3 Å². The largest absolute Gasteiger partial charge is 0.484 e. The van der Waals surface area contributed by atoms with Crippen molar-refractivity contribution in [3.05, 3.63) is 59.8 Å². The SMILES string of the molecule is CC[C@H](C)NS(=O)(=O)c1ccc(OCC(=O)NCCCNc2ccnc3cc(Cl)ccc23)cc1. The molecule has 0 saturated carbocycles. The number of amides is 1. The van der Waals surface area contributed by atoms with Crippen LogP contribution in [0.2, 0.25) is 5.02 Å². The van der Waals surface area contributed by atoms with Gasteiger partial charge in [0.05, 0.1) is 10.4 Å². The molecule has 1 heterocycles. The number of rotatable bonds is 12. The third-order valence-electron chi connectivity index (χ3n) is 5.17. The lowest BCUT2D eigenvalue weighted by molar-refractivity contribution is -0.123. The molecule has 0 saturated heterocycles. The average Bonchev–Trinajstić information content (AvgIpc) is 2.82. The molecule has 0 aliphatic carbocycles. The summed E-state index contributed by atoms with van der Waals surface area (Å²) in [5, 5.41) is 7.78. The number of sulfonamides is 1. The van der Waals surface area contributed by atoms with Crippen molar-refractivity contribution in [1.82, 2.24) is 15.0 Å². The number of hydrogen-bond acceptors (Lipinski definition) is 6. The predicted octanol–water partition coefficient (Wildman–Crippen LogP) is 3.96. The number of nitrogens with zero attached hydrogens (tertiary/aromatic N) is 1. The lowest BCUT2D eigenvalue weighted by atomic mass is 10.2. The number of fused-ring (bicyclic) bond motifs is 1. The molecular weight excluding hydrogens is 476 g/mol. The van der Waals surface area contributed by atoms with E-state index >= 15 is 0 Å². The first-order valence-electron chi connectivity index (χ1n) is 11.1. The molecule has 8 nitrogen and oxygen atoms in total. The summed E-state index contributed by atoms with van der Waals surface area (Å²) in [7, 11) is -3.57. The fourth-order valence-corrected chi connectivity index (χ4v) is 4.64. The Labute approximate surface area is 205 Å². The van der Waals surface area contributed by atoms with Gasteiger partial charge in [0.2, 0.25) is 10.0 Å². The molecule has 3 rings (SSSR count). The molecule has 34 heavy (non-hydrogen) atoms. The number of carbonyl (C=O) groups is 1. The van der Waals surface area contributed by atoms with Crippen molar-refractivity contribution >= 4 is 44.1 Å². The van der Waals surface area contributed by atoms with Gasteiger partial charge in [0.25, 0.3) is 5.91 Å². The van der Waals surface area contributed by atoms with Crippen LogP contribution in [-0.4, -0.2) is 45.0 Å². The third kappa shape index (κ3) is 7.31. The van der Waals surface area contributed by atoms with Crippen LogP contribution >= 0.6 is 11.6 Å². The zero-order chi connectivity index (χ0) is 24.6. The van der Waals surface area contributed by atoms with Crippen LogP contribution in [0.3, 0.4) is 0 Å². The van der Waals surface area contributed by atoms with Gasteiger partial charge in [0, 0.05) is 41.4 Å². The maximum absolute atomic E-state index is 12.3. The lowest BCUT2D eigenvalue weighted by Crippen LogP contribution is -2.32. The smallest absolute Gasteiger partial charge is 0.257 e. The highest BCUT2D eigenvalue weighted by Gasteiger charge is 2.16. The van der Waals surface area contributed by atoms with Gasteiger partial charge >= 0.3 is 0 Å². The molecule has 1 atom stereocenters. The highest BCUT2D eigenvalue weighted by molar-refractivity contribution is 7.89. The Hall–Kier alpha value is -2.88. The van der Waals surface area contributed by atoms with Crippen LogP contribution in [0, 0.1) is 0 Å². The van der Waals surface area contributed by atoms with E-state index in [1.165, 1.54) is 24.3 Å². The lowest BCUT2D eigenvalue weighted by Gasteiger charge is -2.13. The van der Waals surface area contributed by atoms with Gasteiger partial charge in [-0.3, -0.25) is 9.78 Å². The molecule has 0 spiro atoms. The molecular formula is C24H29ClN4O4S. The second-order valence-corrected chi connectivity index (χ2v) is 9.99. The standard InChI is InChI=1S/C24H29ClN4O4S/c1-3-17(2)29-34(31,32)20-8-6-19(7-9-20)33-16-24(30)28-13-4-12-26-22-11-14-27-23-15-18(25)5-10-21(22)23/h5-11,14-15,17,29H,3-4,12-13,16H2,1-2H3,(H,26,27)(H,28,30)/t17-/m0/s1. The normalized spacial score (nSPS) is 12.3. The van der Waals surface area contributed by atoms with Crippen molar-refractivity contribution in [1.29, 1.82) is 0 Å². The van der Waals surface area contributed by atoms with E-state index < -0.39 is 10.0 Å². The first-order chi connectivity index (χ1) is 16.3. The fourth-order valence-electron chi connectivity index (χ4n) is 3.15. The topological polar surface area (TPSA) is 109 Å². The number of nitrogens with one attached hydrogen (secondary N) is 3. The number of ether oxygens (including phenoxy) is 1. The molecule has 182 valence electrons. The Morgan fingerprint density at radius 3 is 2.62 bits per heavy atom. The molecule has 2 aromatic carbocycles. The molecule has 1 amide bonds. The molecule has 0 unspecified atom stereocenters. The van der Waals surface area contributed by atoms with Crippen molar-refractivity contribution in [2.24, 2.45) is 0 Å². The van der Waals surface area contributed by atoms with Gasteiger partial charge in [0.1, 0.15) is 5.75 Å². The number of carbonyl (C=O) groups excluding carboxylic acids is 1. The summed E-state index contributed by atoms with van der Waals surface area (Å²) < 4.78 is 32.6. The van der Waals surface area contributed by atoms with Crippen molar-refractivity contribution in [2.75, 3.05) is 25.0 Å². The number of hydrogen-bond donors (Lipinski definition) is 3. The Morgan fingerprint density at radius 1 is 1.12 bits per heavy atom. The van der Waals surface area contributed by atoms with E-state index in [-0.39, 0.29) is 23.5 Å². The zero-order valence-electron chi connectivity index (χ0n) is 19.2. The quantitative estimate of drug-likeness (QED) is 0.322. The molecule has 10 heteroatoms. The zero-order valence-corrected chi connectivity index (χ0v) is 20.7. The number of anilines is 1. The number of aromatic nitrogens is 1. The highest BCUT2D eigenvalue weighted by Crippen LogP contribution is 2.24. The highest BCUT2D eigenvalue weighted by atomic mass is 35.5. The molecule has 0 aliphatic rings. The van der Waals surface area contributed by atoms with Gasteiger partial charge in [-0.2, -0.15) is 0 Å². The summed E-state index contributed by atoms with van der Waals surface area (Å²) in [5.74, 6) is 0.170. The minimum Gasteiger partial charge on any atom is -0.484 e. The number of halogens is 1. The Balaban J connectivity index is 1.38. The van der Waals surface area contributed by atoms with E-state index in [0.29, 0.717) is 30.3 Å². The summed E-state index contributed by atoms with van der Waals surface area (Å²) in [6.45, 7) is 4.72. The number of benzene rings is 2. The summed E-state index contributed by atoms with van der Waals surface area (Å²) >= 11 is 6.02. The second-order valence-electron chi connectivity index (χ2n) is 7.84. The summed E-state index contributed by atoms with van der Waals surface area (Å²) in [5.41, 5.74) is 1.78. The minimum absolute atomic E-state index is 0.150. The van der Waals surface area contributed by atoms with E-state index in [2.05, 4.69) is 20.3 Å². The van der Waals surface area contributed by atoms with E-state index in [1.54, 1.807) is 13.1 Å². The van der Waals surface area contributed by atoms with E-state index in [0.717, 1.165) is 23.0 Å². The molecule has 1 aromatic heterocycles. The Bertz CT molecular complexity index is 1220. The summed E-state index contributed by atoms with van der Waals surface area (Å²) in [6.07, 6.45) is 3.14.